The molecule has 10 heteroatoms. The number of carbonyl (C=O) groups is 1. The molecule has 9 nitrogen and oxygen atoms in total. The van der Waals surface area contributed by atoms with Crippen molar-refractivity contribution in [2.24, 2.45) is 5.92 Å². The van der Waals surface area contributed by atoms with Gasteiger partial charge in [-0.25, -0.2) is 24.0 Å². The molecule has 2 aliphatic rings. The SMILES string of the molecule is O=C(C1CN(c2cc(-n3cncn3)ncn2)C1)N1CCN(c2ccccc2F)CC1. The zero-order valence-corrected chi connectivity index (χ0v) is 16.3. The minimum absolute atomic E-state index is 0.0465. The number of hydrogen-bond donors (Lipinski definition) is 0. The van der Waals surface area contributed by atoms with Crippen LogP contribution in [0.1, 0.15) is 0 Å². The Bertz CT molecular complexity index is 1030. The first-order valence-corrected chi connectivity index (χ1v) is 9.89. The minimum atomic E-state index is -0.220. The molecule has 0 saturated carbocycles. The van der Waals surface area contributed by atoms with Gasteiger partial charge in [-0.1, -0.05) is 12.1 Å². The first-order valence-electron chi connectivity index (χ1n) is 9.89. The average Bonchev–Trinajstić information content (AvgIpc) is 3.28. The minimum Gasteiger partial charge on any atom is -0.366 e. The highest BCUT2D eigenvalue weighted by molar-refractivity contribution is 5.82. The fourth-order valence-corrected chi connectivity index (χ4v) is 3.92. The molecule has 30 heavy (non-hydrogen) atoms. The van der Waals surface area contributed by atoms with Gasteiger partial charge in [0.25, 0.3) is 0 Å². The van der Waals surface area contributed by atoms with E-state index in [9.17, 15) is 9.18 Å². The predicted octanol–water partition coefficient (Wildman–Crippen LogP) is 0.981. The standard InChI is InChI=1S/C20H21FN8O/c21-16-3-1-2-4-17(16)26-5-7-27(8-6-26)20(30)15-10-28(11-15)18-9-19(24-13-23-18)29-14-22-12-25-29/h1-4,9,12-15H,5-8,10-11H2. The number of hydrogen-bond acceptors (Lipinski definition) is 7. The fourth-order valence-electron chi connectivity index (χ4n) is 3.92. The monoisotopic (exact) mass is 408 g/mol. The summed E-state index contributed by atoms with van der Waals surface area (Å²) in [5.74, 6) is 1.29. The Labute approximate surface area is 172 Å². The van der Waals surface area contributed by atoms with Gasteiger partial charge in [0.05, 0.1) is 11.6 Å². The highest BCUT2D eigenvalue weighted by Gasteiger charge is 2.37. The van der Waals surface area contributed by atoms with Gasteiger partial charge in [0.2, 0.25) is 5.91 Å². The van der Waals surface area contributed by atoms with Crippen molar-refractivity contribution >= 4 is 17.4 Å². The number of piperazine rings is 1. The molecule has 0 bridgehead atoms. The fraction of sp³-hybridized carbons (Fsp3) is 0.350. The summed E-state index contributed by atoms with van der Waals surface area (Å²) in [5.41, 5.74) is 0.603. The molecule has 2 aliphatic heterocycles. The van der Waals surface area contributed by atoms with Crippen molar-refractivity contribution < 1.29 is 9.18 Å². The summed E-state index contributed by atoms with van der Waals surface area (Å²) in [6.07, 6.45) is 4.52. The number of halogens is 1. The summed E-state index contributed by atoms with van der Waals surface area (Å²) >= 11 is 0. The van der Waals surface area contributed by atoms with Crippen molar-refractivity contribution in [3.63, 3.8) is 0 Å². The van der Waals surface area contributed by atoms with E-state index in [4.69, 9.17) is 0 Å². The van der Waals surface area contributed by atoms with Crippen LogP contribution in [0.3, 0.4) is 0 Å². The van der Waals surface area contributed by atoms with Gasteiger partial charge in [-0.15, -0.1) is 0 Å². The molecule has 1 amide bonds. The van der Waals surface area contributed by atoms with E-state index in [1.807, 2.05) is 21.9 Å². The average molecular weight is 408 g/mol. The zero-order chi connectivity index (χ0) is 20.5. The maximum absolute atomic E-state index is 14.0. The molecule has 2 aromatic heterocycles. The van der Waals surface area contributed by atoms with Gasteiger partial charge < -0.3 is 14.7 Å². The Morgan fingerprint density at radius 2 is 1.73 bits per heavy atom. The number of anilines is 2. The van der Waals surface area contributed by atoms with E-state index < -0.39 is 0 Å². The van der Waals surface area contributed by atoms with Crippen molar-refractivity contribution in [3.8, 4) is 5.82 Å². The second kappa shape index (κ2) is 7.69. The summed E-state index contributed by atoms with van der Waals surface area (Å²) in [6.45, 7) is 3.73. The van der Waals surface area contributed by atoms with Crippen LogP contribution in [0.4, 0.5) is 15.9 Å². The maximum Gasteiger partial charge on any atom is 0.229 e. The third-order valence-electron chi connectivity index (χ3n) is 5.63. The summed E-state index contributed by atoms with van der Waals surface area (Å²) in [7, 11) is 0. The Morgan fingerprint density at radius 1 is 0.967 bits per heavy atom. The molecule has 0 atom stereocenters. The highest BCUT2D eigenvalue weighted by Crippen LogP contribution is 2.26. The molecule has 0 radical (unpaired) electrons. The van der Waals surface area contributed by atoms with E-state index in [2.05, 4.69) is 25.0 Å². The smallest absolute Gasteiger partial charge is 0.229 e. The maximum atomic E-state index is 14.0. The summed E-state index contributed by atoms with van der Waals surface area (Å²) in [5, 5.41) is 4.08. The Morgan fingerprint density at radius 3 is 2.47 bits per heavy atom. The number of nitrogens with zero attached hydrogens (tertiary/aromatic N) is 8. The molecular weight excluding hydrogens is 387 g/mol. The van der Waals surface area contributed by atoms with Crippen LogP contribution in [-0.2, 0) is 4.79 Å². The molecule has 3 aromatic rings. The van der Waals surface area contributed by atoms with E-state index in [-0.39, 0.29) is 17.6 Å². The molecule has 0 N–H and O–H groups in total. The summed E-state index contributed by atoms with van der Waals surface area (Å²) < 4.78 is 15.6. The van der Waals surface area contributed by atoms with Crippen LogP contribution in [0.15, 0.2) is 49.3 Å². The van der Waals surface area contributed by atoms with Gasteiger partial charge in [-0.2, -0.15) is 5.10 Å². The van der Waals surface area contributed by atoms with Crippen molar-refractivity contribution in [2.45, 2.75) is 0 Å². The van der Waals surface area contributed by atoms with Crippen LogP contribution in [-0.4, -0.2) is 74.8 Å². The van der Waals surface area contributed by atoms with Crippen LogP contribution >= 0.6 is 0 Å². The number of carbonyl (C=O) groups excluding carboxylic acids is 1. The molecule has 4 heterocycles. The third kappa shape index (κ3) is 3.44. The number of aromatic nitrogens is 5. The zero-order valence-electron chi connectivity index (χ0n) is 16.3. The van der Waals surface area contributed by atoms with Gasteiger partial charge in [0, 0.05) is 45.3 Å². The molecule has 0 unspecified atom stereocenters. The van der Waals surface area contributed by atoms with E-state index in [1.54, 1.807) is 23.1 Å². The van der Waals surface area contributed by atoms with Crippen LogP contribution in [0.25, 0.3) is 5.82 Å². The Balaban J connectivity index is 1.16. The van der Waals surface area contributed by atoms with E-state index in [1.165, 1.54) is 18.7 Å². The molecule has 1 aromatic carbocycles. The van der Waals surface area contributed by atoms with Crippen molar-refractivity contribution in [3.05, 3.63) is 55.1 Å². The lowest BCUT2D eigenvalue weighted by molar-refractivity contribution is -0.136. The lowest BCUT2D eigenvalue weighted by atomic mass is 9.98. The lowest BCUT2D eigenvalue weighted by Gasteiger charge is -2.43. The van der Waals surface area contributed by atoms with E-state index in [0.717, 1.165) is 5.82 Å². The largest absolute Gasteiger partial charge is 0.366 e. The first-order chi connectivity index (χ1) is 14.7. The Kier molecular flexibility index (Phi) is 4.74. The second-order valence-corrected chi connectivity index (χ2v) is 7.44. The van der Waals surface area contributed by atoms with Gasteiger partial charge in [0.1, 0.15) is 30.6 Å². The number of amides is 1. The molecule has 2 fully saturated rings. The van der Waals surface area contributed by atoms with Gasteiger partial charge in [-0.3, -0.25) is 4.79 Å². The van der Waals surface area contributed by atoms with Crippen molar-refractivity contribution in [1.29, 1.82) is 0 Å². The number of benzene rings is 1. The normalized spacial score (nSPS) is 17.2. The van der Waals surface area contributed by atoms with Gasteiger partial charge in [0.15, 0.2) is 5.82 Å². The van der Waals surface area contributed by atoms with E-state index >= 15 is 0 Å². The van der Waals surface area contributed by atoms with E-state index in [0.29, 0.717) is 50.8 Å². The molecule has 0 aliphatic carbocycles. The summed E-state index contributed by atoms with van der Waals surface area (Å²) in [6, 6.07) is 8.61. The predicted molar refractivity (Wildman–Crippen MR) is 108 cm³/mol. The lowest BCUT2D eigenvalue weighted by Crippen LogP contribution is -2.58. The molecule has 154 valence electrons. The number of para-hydroxylation sites is 1. The van der Waals surface area contributed by atoms with Crippen LogP contribution in [0.2, 0.25) is 0 Å². The number of rotatable bonds is 4. The molecule has 0 spiro atoms. The quantitative estimate of drug-likeness (QED) is 0.636. The van der Waals surface area contributed by atoms with Gasteiger partial charge in [-0.05, 0) is 12.1 Å². The summed E-state index contributed by atoms with van der Waals surface area (Å²) in [4.78, 5) is 31.3. The second-order valence-electron chi connectivity index (χ2n) is 7.44. The van der Waals surface area contributed by atoms with Crippen LogP contribution in [0.5, 0.6) is 0 Å². The molecular formula is C20H21FN8O. The first kappa shape index (κ1) is 18.5. The Hall–Kier alpha value is -3.56. The third-order valence-corrected chi connectivity index (χ3v) is 5.63. The topological polar surface area (TPSA) is 83.3 Å². The molecule has 2 saturated heterocycles. The van der Waals surface area contributed by atoms with Crippen molar-refractivity contribution in [1.82, 2.24) is 29.6 Å². The highest BCUT2D eigenvalue weighted by atomic mass is 19.1. The van der Waals surface area contributed by atoms with Crippen LogP contribution < -0.4 is 9.80 Å². The van der Waals surface area contributed by atoms with Crippen LogP contribution in [0, 0.1) is 11.7 Å². The molecule has 5 rings (SSSR count). The van der Waals surface area contributed by atoms with Gasteiger partial charge >= 0.3 is 0 Å². The van der Waals surface area contributed by atoms with Crippen molar-refractivity contribution in [2.75, 3.05) is 49.1 Å².